The second-order valence-electron chi connectivity index (χ2n) is 3.80. The van der Waals surface area contributed by atoms with Crippen LogP contribution in [0.4, 0.5) is 0 Å². The van der Waals surface area contributed by atoms with Gasteiger partial charge in [0.2, 0.25) is 12.3 Å². The third-order valence-electron chi connectivity index (χ3n) is 2.23. The quantitative estimate of drug-likeness (QED) is 0.633. The van der Waals surface area contributed by atoms with Crippen molar-refractivity contribution in [3.63, 3.8) is 0 Å². The zero-order chi connectivity index (χ0) is 11.7. The number of amides is 2. The van der Waals surface area contributed by atoms with Crippen molar-refractivity contribution in [2.24, 2.45) is 5.73 Å². The van der Waals surface area contributed by atoms with E-state index in [9.17, 15) is 9.59 Å². The number of nitrogens with two attached hydrogens (primary N) is 1. The van der Waals surface area contributed by atoms with Gasteiger partial charge in [-0.05, 0) is 39.8 Å². The highest BCUT2D eigenvalue weighted by Gasteiger charge is 2.13. The summed E-state index contributed by atoms with van der Waals surface area (Å²) in [7, 11) is 0. The molecule has 15 heavy (non-hydrogen) atoms. The number of nitrogens with zero attached hydrogens (tertiary/aromatic N) is 1. The number of primary amides is 1. The number of carbonyl (C=O) groups excluding carboxylic acids is 2. The second-order valence-corrected chi connectivity index (χ2v) is 3.80. The standard InChI is InChI=1S/C7H15N.C3H6N2O2/c1-7(2)8-5-3-4-6-8;4-3(7)1-5-2-6/h7H,3-6H2,1-2H3;2H,1H2,(H2,4,7)(H,5,6). The number of hydrogen-bond acceptors (Lipinski definition) is 3. The lowest BCUT2D eigenvalue weighted by atomic mass is 10.3. The molecule has 0 unspecified atom stereocenters. The second kappa shape index (κ2) is 8.23. The van der Waals surface area contributed by atoms with Crippen LogP contribution in [0.3, 0.4) is 0 Å². The highest BCUT2D eigenvalue weighted by Crippen LogP contribution is 2.09. The molecule has 0 saturated carbocycles. The summed E-state index contributed by atoms with van der Waals surface area (Å²) in [6, 6.07) is 0.775. The summed E-state index contributed by atoms with van der Waals surface area (Å²) in [6.07, 6.45) is 3.25. The average Bonchev–Trinajstić information content (AvgIpc) is 2.68. The van der Waals surface area contributed by atoms with Crippen LogP contribution in [-0.4, -0.2) is 42.9 Å². The monoisotopic (exact) mass is 215 g/mol. The highest BCUT2D eigenvalue weighted by atomic mass is 16.2. The molecule has 5 nitrogen and oxygen atoms in total. The van der Waals surface area contributed by atoms with Crippen LogP contribution in [0.25, 0.3) is 0 Å². The lowest BCUT2D eigenvalue weighted by molar-refractivity contribution is -0.119. The topological polar surface area (TPSA) is 75.4 Å². The summed E-state index contributed by atoms with van der Waals surface area (Å²) in [4.78, 5) is 21.7. The first-order chi connectivity index (χ1) is 7.07. The van der Waals surface area contributed by atoms with E-state index in [-0.39, 0.29) is 6.54 Å². The van der Waals surface area contributed by atoms with Gasteiger partial charge >= 0.3 is 0 Å². The summed E-state index contributed by atoms with van der Waals surface area (Å²) in [5.41, 5.74) is 4.62. The molecule has 1 saturated heterocycles. The third-order valence-corrected chi connectivity index (χ3v) is 2.23. The largest absolute Gasteiger partial charge is 0.368 e. The SMILES string of the molecule is CC(C)N1CCCC1.NC(=O)CNC=O. The van der Waals surface area contributed by atoms with E-state index in [1.807, 2.05) is 0 Å². The van der Waals surface area contributed by atoms with Crippen LogP contribution < -0.4 is 11.1 Å². The van der Waals surface area contributed by atoms with E-state index >= 15 is 0 Å². The van der Waals surface area contributed by atoms with E-state index in [1.165, 1.54) is 25.9 Å². The van der Waals surface area contributed by atoms with Crippen molar-refractivity contribution in [1.82, 2.24) is 10.2 Å². The molecule has 0 atom stereocenters. The molecule has 0 bridgehead atoms. The van der Waals surface area contributed by atoms with E-state index in [0.29, 0.717) is 6.41 Å². The highest BCUT2D eigenvalue weighted by molar-refractivity contribution is 5.77. The summed E-state index contributed by atoms with van der Waals surface area (Å²) in [5, 5.41) is 2.09. The molecule has 1 aliphatic heterocycles. The molecule has 0 aromatic carbocycles. The van der Waals surface area contributed by atoms with Gasteiger partial charge in [-0.2, -0.15) is 0 Å². The molecule has 0 aromatic heterocycles. The van der Waals surface area contributed by atoms with E-state index in [1.54, 1.807) is 0 Å². The Morgan fingerprint density at radius 1 is 1.47 bits per heavy atom. The fourth-order valence-corrected chi connectivity index (χ4v) is 1.40. The molecule has 3 N–H and O–H groups in total. The number of carbonyl (C=O) groups is 2. The van der Waals surface area contributed by atoms with Gasteiger partial charge in [0, 0.05) is 6.04 Å². The minimum atomic E-state index is -0.535. The van der Waals surface area contributed by atoms with Crippen LogP contribution in [0.15, 0.2) is 0 Å². The molecule has 2 amide bonds. The van der Waals surface area contributed by atoms with Crippen LogP contribution in [0, 0.1) is 0 Å². The van der Waals surface area contributed by atoms with Crippen molar-refractivity contribution >= 4 is 12.3 Å². The van der Waals surface area contributed by atoms with Gasteiger partial charge in [-0.1, -0.05) is 0 Å². The van der Waals surface area contributed by atoms with E-state index in [4.69, 9.17) is 0 Å². The summed E-state index contributed by atoms with van der Waals surface area (Å²) >= 11 is 0. The predicted octanol–water partition coefficient (Wildman–Crippen LogP) is -0.292. The molecule has 88 valence electrons. The molecule has 5 heteroatoms. The van der Waals surface area contributed by atoms with Gasteiger partial charge in [0.05, 0.1) is 6.54 Å². The van der Waals surface area contributed by atoms with Gasteiger partial charge in [-0.25, -0.2) is 0 Å². The van der Waals surface area contributed by atoms with Crippen LogP contribution >= 0.6 is 0 Å². The van der Waals surface area contributed by atoms with Crippen molar-refractivity contribution in [1.29, 1.82) is 0 Å². The summed E-state index contributed by atoms with van der Waals surface area (Å²) < 4.78 is 0. The third kappa shape index (κ3) is 7.93. The first-order valence-corrected chi connectivity index (χ1v) is 5.27. The fourth-order valence-electron chi connectivity index (χ4n) is 1.40. The van der Waals surface area contributed by atoms with Crippen LogP contribution in [0.1, 0.15) is 26.7 Å². The Balaban J connectivity index is 0.000000265. The first kappa shape index (κ1) is 13.9. The Kier molecular flexibility index (Phi) is 7.62. The van der Waals surface area contributed by atoms with Gasteiger partial charge in [0.1, 0.15) is 0 Å². The van der Waals surface area contributed by atoms with Crippen molar-refractivity contribution < 1.29 is 9.59 Å². The lowest BCUT2D eigenvalue weighted by Crippen LogP contribution is -2.27. The summed E-state index contributed by atoms with van der Waals surface area (Å²) in [6.45, 7) is 7.12. The molecule has 0 aliphatic carbocycles. The van der Waals surface area contributed by atoms with Gasteiger partial charge in [-0.3, -0.25) is 9.59 Å². The number of hydrogen-bond donors (Lipinski definition) is 2. The van der Waals surface area contributed by atoms with Crippen molar-refractivity contribution in [3.05, 3.63) is 0 Å². The molecule has 0 radical (unpaired) electrons. The minimum absolute atomic E-state index is 0.0799. The van der Waals surface area contributed by atoms with Crippen LogP contribution in [0.5, 0.6) is 0 Å². The van der Waals surface area contributed by atoms with Gasteiger partial charge in [-0.15, -0.1) is 0 Å². The molecular weight excluding hydrogens is 194 g/mol. The predicted molar refractivity (Wildman–Crippen MR) is 59.2 cm³/mol. The van der Waals surface area contributed by atoms with Crippen molar-refractivity contribution in [2.75, 3.05) is 19.6 Å². The Morgan fingerprint density at radius 3 is 2.20 bits per heavy atom. The Morgan fingerprint density at radius 2 is 2.00 bits per heavy atom. The maximum absolute atomic E-state index is 9.76. The zero-order valence-corrected chi connectivity index (χ0v) is 9.53. The summed E-state index contributed by atoms with van der Waals surface area (Å²) in [5.74, 6) is -0.535. The number of nitrogens with one attached hydrogen (secondary N) is 1. The molecule has 0 aromatic rings. The normalized spacial score (nSPS) is 15.7. The minimum Gasteiger partial charge on any atom is -0.368 e. The van der Waals surface area contributed by atoms with Crippen LogP contribution in [0.2, 0.25) is 0 Å². The molecule has 0 spiro atoms. The lowest BCUT2D eigenvalue weighted by Gasteiger charge is -2.18. The molecule has 1 fully saturated rings. The maximum Gasteiger partial charge on any atom is 0.236 e. The van der Waals surface area contributed by atoms with Gasteiger partial charge in [0.15, 0.2) is 0 Å². The van der Waals surface area contributed by atoms with Gasteiger partial charge < -0.3 is 16.0 Å². The Labute approximate surface area is 91.0 Å². The molecular formula is C10H21N3O2. The van der Waals surface area contributed by atoms with Crippen molar-refractivity contribution in [3.8, 4) is 0 Å². The first-order valence-electron chi connectivity index (χ1n) is 5.27. The smallest absolute Gasteiger partial charge is 0.236 e. The zero-order valence-electron chi connectivity index (χ0n) is 9.53. The van der Waals surface area contributed by atoms with E-state index in [0.717, 1.165) is 6.04 Å². The molecule has 1 rings (SSSR count). The maximum atomic E-state index is 9.76. The average molecular weight is 215 g/mol. The number of rotatable bonds is 4. The number of likely N-dealkylation sites (tertiary alicyclic amines) is 1. The Hall–Kier alpha value is -1.10. The molecule has 1 aliphatic rings. The van der Waals surface area contributed by atoms with Gasteiger partial charge in [0.25, 0.3) is 0 Å². The fraction of sp³-hybridized carbons (Fsp3) is 0.800. The van der Waals surface area contributed by atoms with Crippen molar-refractivity contribution in [2.45, 2.75) is 32.7 Å². The van der Waals surface area contributed by atoms with E-state index in [2.05, 4.69) is 29.8 Å². The van der Waals surface area contributed by atoms with E-state index < -0.39 is 5.91 Å². The molecule has 1 heterocycles. The Bertz CT molecular complexity index is 189. The van der Waals surface area contributed by atoms with Crippen LogP contribution in [-0.2, 0) is 9.59 Å².